The van der Waals surface area contributed by atoms with Gasteiger partial charge in [0.2, 0.25) is 0 Å². The highest BCUT2D eigenvalue weighted by molar-refractivity contribution is 4.96. The monoisotopic (exact) mass is 360 g/mol. The molecule has 0 saturated carbocycles. The van der Waals surface area contributed by atoms with Crippen LogP contribution in [0.15, 0.2) is 24.4 Å². The molecule has 26 heavy (non-hydrogen) atoms. The van der Waals surface area contributed by atoms with Gasteiger partial charge in [0.1, 0.15) is 6.54 Å². The van der Waals surface area contributed by atoms with Crippen molar-refractivity contribution in [3.63, 3.8) is 0 Å². The molecular formula is C25H46N+. The summed E-state index contributed by atoms with van der Waals surface area (Å²) in [6.07, 6.45) is 26.5. The zero-order valence-corrected chi connectivity index (χ0v) is 18.0. The number of unbranched alkanes of at least 4 members (excludes halogenated alkanes) is 15. The van der Waals surface area contributed by atoms with Crippen LogP contribution < -0.4 is 4.57 Å². The van der Waals surface area contributed by atoms with Gasteiger partial charge in [-0.05, 0) is 6.42 Å². The molecule has 150 valence electrons. The Kier molecular flexibility index (Phi) is 15.7. The SMILES string of the molecule is CCCCCCCCCCCCCCCCCC[n+]1ccccc1CC. The molecule has 1 nitrogen and oxygen atoms in total. The van der Waals surface area contributed by atoms with Crippen LogP contribution in [0.1, 0.15) is 122 Å². The molecule has 0 radical (unpaired) electrons. The Balaban J connectivity index is 1.80. The summed E-state index contributed by atoms with van der Waals surface area (Å²) in [5.41, 5.74) is 1.47. The van der Waals surface area contributed by atoms with E-state index >= 15 is 0 Å². The Morgan fingerprint density at radius 2 is 1.04 bits per heavy atom. The van der Waals surface area contributed by atoms with E-state index in [-0.39, 0.29) is 0 Å². The van der Waals surface area contributed by atoms with Gasteiger partial charge >= 0.3 is 0 Å². The molecule has 1 heteroatoms. The number of hydrogen-bond acceptors (Lipinski definition) is 0. The van der Waals surface area contributed by atoms with E-state index in [9.17, 15) is 0 Å². The van der Waals surface area contributed by atoms with E-state index in [0.717, 1.165) is 6.42 Å². The molecule has 0 fully saturated rings. The molecule has 1 rings (SSSR count). The Labute approximate surface area is 164 Å². The van der Waals surface area contributed by atoms with Crippen LogP contribution in [0.2, 0.25) is 0 Å². The molecule has 1 heterocycles. The molecule has 0 aliphatic carbocycles. The molecule has 1 aromatic rings. The van der Waals surface area contributed by atoms with E-state index < -0.39 is 0 Å². The summed E-state index contributed by atoms with van der Waals surface area (Å²) in [7, 11) is 0. The van der Waals surface area contributed by atoms with E-state index in [1.54, 1.807) is 0 Å². The van der Waals surface area contributed by atoms with Crippen molar-refractivity contribution in [2.75, 3.05) is 0 Å². The van der Waals surface area contributed by atoms with Gasteiger partial charge in [-0.3, -0.25) is 0 Å². The first-order valence-electron chi connectivity index (χ1n) is 11.9. The summed E-state index contributed by atoms with van der Waals surface area (Å²) in [5.74, 6) is 0. The molecule has 0 saturated heterocycles. The van der Waals surface area contributed by atoms with Gasteiger partial charge in [0.25, 0.3) is 0 Å². The van der Waals surface area contributed by atoms with Crippen molar-refractivity contribution < 1.29 is 4.57 Å². The minimum absolute atomic E-state index is 1.14. The van der Waals surface area contributed by atoms with Crippen molar-refractivity contribution >= 4 is 0 Å². The summed E-state index contributed by atoms with van der Waals surface area (Å²) >= 11 is 0. The zero-order valence-electron chi connectivity index (χ0n) is 18.0. The van der Waals surface area contributed by atoms with Gasteiger partial charge in [0, 0.05) is 25.0 Å². The van der Waals surface area contributed by atoms with E-state index in [1.165, 1.54) is 115 Å². The molecule has 0 aliphatic heterocycles. The lowest BCUT2D eigenvalue weighted by Crippen LogP contribution is -2.37. The van der Waals surface area contributed by atoms with Crippen molar-refractivity contribution in [1.82, 2.24) is 0 Å². The first-order valence-corrected chi connectivity index (χ1v) is 11.9. The molecule has 0 spiro atoms. The third-order valence-electron chi connectivity index (χ3n) is 5.65. The second-order valence-corrected chi connectivity index (χ2v) is 8.04. The highest BCUT2D eigenvalue weighted by Gasteiger charge is 2.06. The fourth-order valence-electron chi connectivity index (χ4n) is 3.88. The van der Waals surface area contributed by atoms with Crippen molar-refractivity contribution in [2.45, 2.75) is 130 Å². The average molecular weight is 361 g/mol. The topological polar surface area (TPSA) is 3.88 Å². The van der Waals surface area contributed by atoms with Crippen LogP contribution in [0, 0.1) is 0 Å². The Hall–Kier alpha value is -0.850. The maximum absolute atomic E-state index is 2.43. The van der Waals surface area contributed by atoms with Crippen molar-refractivity contribution in [3.05, 3.63) is 30.1 Å². The van der Waals surface area contributed by atoms with Crippen molar-refractivity contribution in [2.24, 2.45) is 0 Å². The van der Waals surface area contributed by atoms with Crippen LogP contribution in [-0.4, -0.2) is 0 Å². The van der Waals surface area contributed by atoms with Gasteiger partial charge in [-0.25, -0.2) is 4.57 Å². The molecule has 0 aliphatic rings. The summed E-state index contributed by atoms with van der Waals surface area (Å²) < 4.78 is 2.43. The summed E-state index contributed by atoms with van der Waals surface area (Å²) in [5, 5.41) is 0. The quantitative estimate of drug-likeness (QED) is 0.186. The maximum atomic E-state index is 2.43. The molecule has 0 amide bonds. The maximum Gasteiger partial charge on any atom is 0.181 e. The second kappa shape index (κ2) is 17.6. The Morgan fingerprint density at radius 3 is 1.50 bits per heavy atom. The highest BCUT2D eigenvalue weighted by atomic mass is 14.9. The average Bonchev–Trinajstić information content (AvgIpc) is 2.68. The molecular weight excluding hydrogens is 314 g/mol. The highest BCUT2D eigenvalue weighted by Crippen LogP contribution is 2.13. The number of aryl methyl sites for hydroxylation is 2. The third kappa shape index (κ3) is 12.5. The number of hydrogen-bond donors (Lipinski definition) is 0. The van der Waals surface area contributed by atoms with E-state index in [2.05, 4.69) is 42.8 Å². The van der Waals surface area contributed by atoms with Crippen LogP contribution in [0.25, 0.3) is 0 Å². The number of rotatable bonds is 18. The van der Waals surface area contributed by atoms with Gasteiger partial charge in [0.15, 0.2) is 11.9 Å². The fourth-order valence-corrected chi connectivity index (χ4v) is 3.88. The molecule has 0 unspecified atom stereocenters. The van der Waals surface area contributed by atoms with Gasteiger partial charge in [-0.1, -0.05) is 110 Å². The number of pyridine rings is 1. The fraction of sp³-hybridized carbons (Fsp3) is 0.800. The van der Waals surface area contributed by atoms with Gasteiger partial charge in [-0.15, -0.1) is 0 Å². The van der Waals surface area contributed by atoms with Crippen molar-refractivity contribution in [1.29, 1.82) is 0 Å². The largest absolute Gasteiger partial charge is 0.202 e. The lowest BCUT2D eigenvalue weighted by atomic mass is 10.0. The first kappa shape index (κ1) is 23.2. The van der Waals surface area contributed by atoms with Gasteiger partial charge in [0.05, 0.1) is 0 Å². The molecule has 0 aromatic carbocycles. The normalized spacial score (nSPS) is 11.2. The lowest BCUT2D eigenvalue weighted by molar-refractivity contribution is -0.704. The molecule has 0 N–H and O–H groups in total. The number of nitrogens with zero attached hydrogens (tertiary/aromatic N) is 1. The van der Waals surface area contributed by atoms with Crippen LogP contribution in [0.5, 0.6) is 0 Å². The minimum Gasteiger partial charge on any atom is -0.202 e. The first-order chi connectivity index (χ1) is 12.9. The molecule has 0 bridgehead atoms. The van der Waals surface area contributed by atoms with Crippen LogP contribution >= 0.6 is 0 Å². The van der Waals surface area contributed by atoms with Crippen LogP contribution in [0.3, 0.4) is 0 Å². The second-order valence-electron chi connectivity index (χ2n) is 8.04. The molecule has 0 atom stereocenters. The lowest BCUT2D eigenvalue weighted by Gasteiger charge is -2.04. The Morgan fingerprint density at radius 1 is 0.577 bits per heavy atom. The van der Waals surface area contributed by atoms with Gasteiger partial charge in [-0.2, -0.15) is 0 Å². The minimum atomic E-state index is 1.14. The summed E-state index contributed by atoms with van der Waals surface area (Å²) in [4.78, 5) is 0. The third-order valence-corrected chi connectivity index (χ3v) is 5.65. The Bertz CT molecular complexity index is 412. The van der Waals surface area contributed by atoms with Crippen LogP contribution in [-0.2, 0) is 13.0 Å². The number of aromatic nitrogens is 1. The summed E-state index contributed by atoms with van der Waals surface area (Å²) in [6, 6.07) is 6.57. The predicted molar refractivity (Wildman–Crippen MR) is 116 cm³/mol. The van der Waals surface area contributed by atoms with E-state index in [1.807, 2.05) is 0 Å². The van der Waals surface area contributed by atoms with Crippen molar-refractivity contribution in [3.8, 4) is 0 Å². The summed E-state index contributed by atoms with van der Waals surface area (Å²) in [6.45, 7) is 5.74. The van der Waals surface area contributed by atoms with E-state index in [0.29, 0.717) is 0 Å². The smallest absolute Gasteiger partial charge is 0.181 e. The van der Waals surface area contributed by atoms with E-state index in [4.69, 9.17) is 0 Å². The molecule has 1 aromatic heterocycles. The van der Waals surface area contributed by atoms with Crippen LogP contribution in [0.4, 0.5) is 0 Å². The standard InChI is InChI=1S/C25H46N/c1-3-5-6-7-8-9-10-11-12-13-14-15-16-17-18-20-23-26-24-21-19-22-25(26)4-2/h19,21-22,24H,3-18,20,23H2,1-2H3/q+1. The predicted octanol–water partition coefficient (Wildman–Crippen LogP) is 7.80. The zero-order chi connectivity index (χ0) is 18.7. The van der Waals surface area contributed by atoms with Gasteiger partial charge < -0.3 is 0 Å².